The second-order valence-corrected chi connectivity index (χ2v) is 3.78. The van der Waals surface area contributed by atoms with E-state index in [2.05, 4.69) is 20.3 Å². The lowest BCUT2D eigenvalue weighted by atomic mass is 10.2. The van der Waals surface area contributed by atoms with Crippen LogP contribution in [0.15, 0.2) is 48.9 Å². The highest BCUT2D eigenvalue weighted by atomic mass is 16.1. The van der Waals surface area contributed by atoms with E-state index in [1.165, 1.54) is 6.33 Å². The Labute approximate surface area is 103 Å². The number of carbonyl (C=O) groups is 1. The fourth-order valence-electron chi connectivity index (χ4n) is 1.76. The van der Waals surface area contributed by atoms with Gasteiger partial charge in [0, 0.05) is 11.9 Å². The van der Waals surface area contributed by atoms with Crippen LogP contribution in [-0.4, -0.2) is 20.9 Å². The molecule has 88 valence electrons. The van der Waals surface area contributed by atoms with Gasteiger partial charge in [-0.3, -0.25) is 4.79 Å². The van der Waals surface area contributed by atoms with Crippen LogP contribution in [0.5, 0.6) is 0 Å². The highest BCUT2D eigenvalue weighted by Gasteiger charge is 2.11. The highest BCUT2D eigenvalue weighted by molar-refractivity contribution is 6.10. The van der Waals surface area contributed by atoms with Gasteiger partial charge in [-0.25, -0.2) is 9.97 Å². The molecule has 5 heteroatoms. The predicted octanol–water partition coefficient (Wildman–Crippen LogP) is 2.21. The van der Waals surface area contributed by atoms with Crippen LogP contribution in [0.3, 0.4) is 0 Å². The van der Waals surface area contributed by atoms with Gasteiger partial charge in [0.05, 0.1) is 17.4 Å². The zero-order valence-electron chi connectivity index (χ0n) is 9.42. The molecule has 2 aromatic heterocycles. The summed E-state index contributed by atoms with van der Waals surface area (Å²) in [6, 6.07) is 11.0. The second-order valence-electron chi connectivity index (χ2n) is 3.78. The molecule has 0 aliphatic heterocycles. The van der Waals surface area contributed by atoms with Gasteiger partial charge in [-0.05, 0) is 18.2 Å². The highest BCUT2D eigenvalue weighted by Crippen LogP contribution is 2.14. The van der Waals surface area contributed by atoms with Crippen molar-refractivity contribution < 1.29 is 4.79 Å². The number of imidazole rings is 1. The van der Waals surface area contributed by atoms with Crippen molar-refractivity contribution in [3.8, 4) is 0 Å². The van der Waals surface area contributed by atoms with Crippen molar-refractivity contribution in [2.45, 2.75) is 0 Å². The molecule has 18 heavy (non-hydrogen) atoms. The molecule has 0 spiro atoms. The first kappa shape index (κ1) is 10.5. The maximum atomic E-state index is 12.1. The lowest BCUT2D eigenvalue weighted by Crippen LogP contribution is -2.12. The van der Waals surface area contributed by atoms with E-state index in [-0.39, 0.29) is 5.91 Å². The number of nitrogens with zero attached hydrogens (tertiary/aromatic N) is 2. The van der Waals surface area contributed by atoms with Crippen LogP contribution in [0, 0.1) is 0 Å². The minimum atomic E-state index is -0.183. The third-order valence-corrected chi connectivity index (χ3v) is 2.60. The lowest BCUT2D eigenvalue weighted by Gasteiger charge is -2.05. The molecule has 0 saturated heterocycles. The molecule has 0 bridgehead atoms. The topological polar surface area (TPSA) is 70.7 Å². The van der Waals surface area contributed by atoms with Crippen LogP contribution in [-0.2, 0) is 0 Å². The van der Waals surface area contributed by atoms with Crippen LogP contribution in [0.25, 0.3) is 11.2 Å². The number of carbonyl (C=O) groups excluding carboxylic acids is 1. The summed E-state index contributed by atoms with van der Waals surface area (Å²) in [4.78, 5) is 23.2. The van der Waals surface area contributed by atoms with Crippen molar-refractivity contribution in [2.24, 2.45) is 0 Å². The molecular weight excluding hydrogens is 228 g/mol. The van der Waals surface area contributed by atoms with Gasteiger partial charge in [-0.2, -0.15) is 0 Å². The number of para-hydroxylation sites is 1. The average Bonchev–Trinajstić information content (AvgIpc) is 2.87. The molecule has 1 aromatic carbocycles. The van der Waals surface area contributed by atoms with Gasteiger partial charge >= 0.3 is 0 Å². The molecule has 0 aliphatic carbocycles. The van der Waals surface area contributed by atoms with Gasteiger partial charge in [0.25, 0.3) is 5.91 Å². The molecule has 2 N–H and O–H groups in total. The third kappa shape index (κ3) is 1.82. The van der Waals surface area contributed by atoms with Crippen molar-refractivity contribution in [2.75, 3.05) is 5.32 Å². The van der Waals surface area contributed by atoms with Crippen molar-refractivity contribution in [1.29, 1.82) is 0 Å². The maximum Gasteiger partial charge on any atom is 0.257 e. The molecule has 0 atom stereocenters. The van der Waals surface area contributed by atoms with Crippen molar-refractivity contribution in [3.63, 3.8) is 0 Å². The Bertz CT molecular complexity index is 690. The molecule has 0 saturated carbocycles. The van der Waals surface area contributed by atoms with Crippen LogP contribution in [0.2, 0.25) is 0 Å². The minimum absolute atomic E-state index is 0.183. The summed E-state index contributed by atoms with van der Waals surface area (Å²) in [6.07, 6.45) is 3.10. The molecule has 3 aromatic rings. The number of hydrogen-bond acceptors (Lipinski definition) is 3. The lowest BCUT2D eigenvalue weighted by molar-refractivity contribution is 0.102. The van der Waals surface area contributed by atoms with E-state index in [1.807, 2.05) is 30.3 Å². The Morgan fingerprint density at radius 2 is 1.94 bits per heavy atom. The summed E-state index contributed by atoms with van der Waals surface area (Å²) in [5.74, 6) is -0.183. The van der Waals surface area contributed by atoms with Gasteiger partial charge in [-0.15, -0.1) is 0 Å². The van der Waals surface area contributed by atoms with E-state index in [0.717, 1.165) is 5.69 Å². The first-order valence-electron chi connectivity index (χ1n) is 5.49. The van der Waals surface area contributed by atoms with Crippen LogP contribution in [0.1, 0.15) is 10.4 Å². The molecule has 1 amide bonds. The third-order valence-electron chi connectivity index (χ3n) is 2.60. The fraction of sp³-hybridized carbons (Fsp3) is 0. The summed E-state index contributed by atoms with van der Waals surface area (Å²) in [5, 5.41) is 2.83. The van der Waals surface area contributed by atoms with Crippen LogP contribution < -0.4 is 5.32 Å². The van der Waals surface area contributed by atoms with Crippen LogP contribution in [0.4, 0.5) is 5.69 Å². The number of benzene rings is 1. The number of fused-ring (bicyclic) bond motifs is 1. The van der Waals surface area contributed by atoms with Crippen molar-refractivity contribution in [3.05, 3.63) is 54.5 Å². The molecule has 5 nitrogen and oxygen atoms in total. The summed E-state index contributed by atoms with van der Waals surface area (Å²) >= 11 is 0. The van der Waals surface area contributed by atoms with Crippen molar-refractivity contribution in [1.82, 2.24) is 15.0 Å². The molecular formula is C13H10N4O. The Hall–Kier alpha value is -2.69. The number of anilines is 1. The number of aromatic nitrogens is 3. The molecule has 2 heterocycles. The molecule has 0 fully saturated rings. The normalized spacial score (nSPS) is 10.4. The summed E-state index contributed by atoms with van der Waals surface area (Å²) in [7, 11) is 0. The monoisotopic (exact) mass is 238 g/mol. The Morgan fingerprint density at radius 3 is 2.78 bits per heavy atom. The maximum absolute atomic E-state index is 12.1. The van der Waals surface area contributed by atoms with Gasteiger partial charge < -0.3 is 10.3 Å². The first-order valence-corrected chi connectivity index (χ1v) is 5.49. The summed E-state index contributed by atoms with van der Waals surface area (Å²) in [5.41, 5.74) is 2.47. The van der Waals surface area contributed by atoms with Gasteiger partial charge in [0.2, 0.25) is 0 Å². The van der Waals surface area contributed by atoms with Gasteiger partial charge in [0.15, 0.2) is 5.65 Å². The van der Waals surface area contributed by atoms with E-state index in [4.69, 9.17) is 0 Å². The minimum Gasteiger partial charge on any atom is -0.343 e. The number of H-pyrrole nitrogens is 1. The Balaban J connectivity index is 1.95. The number of nitrogens with one attached hydrogen (secondary N) is 2. The second kappa shape index (κ2) is 4.29. The van der Waals surface area contributed by atoms with Crippen molar-refractivity contribution >= 4 is 22.8 Å². The van der Waals surface area contributed by atoms with Crippen LogP contribution >= 0.6 is 0 Å². The Kier molecular flexibility index (Phi) is 2.49. The number of pyridine rings is 1. The zero-order chi connectivity index (χ0) is 12.4. The van der Waals surface area contributed by atoms with Gasteiger partial charge in [-0.1, -0.05) is 18.2 Å². The SMILES string of the molecule is O=C(Nc1ccccc1)c1ccnc2nc[nH]c12. The number of hydrogen-bond donors (Lipinski definition) is 2. The molecule has 0 aliphatic rings. The zero-order valence-corrected chi connectivity index (χ0v) is 9.42. The largest absolute Gasteiger partial charge is 0.343 e. The van der Waals surface area contributed by atoms with E-state index in [9.17, 15) is 4.79 Å². The number of rotatable bonds is 2. The van der Waals surface area contributed by atoms with E-state index in [0.29, 0.717) is 16.7 Å². The van der Waals surface area contributed by atoms with E-state index >= 15 is 0 Å². The summed E-state index contributed by atoms with van der Waals surface area (Å²) in [6.45, 7) is 0. The Morgan fingerprint density at radius 1 is 1.11 bits per heavy atom. The molecule has 0 radical (unpaired) electrons. The fourth-order valence-corrected chi connectivity index (χ4v) is 1.76. The van der Waals surface area contributed by atoms with E-state index in [1.54, 1.807) is 12.3 Å². The number of amides is 1. The predicted molar refractivity (Wildman–Crippen MR) is 68.3 cm³/mol. The van der Waals surface area contributed by atoms with Gasteiger partial charge in [0.1, 0.15) is 0 Å². The average molecular weight is 238 g/mol. The quantitative estimate of drug-likeness (QED) is 0.719. The van der Waals surface area contributed by atoms with E-state index < -0.39 is 0 Å². The summed E-state index contributed by atoms with van der Waals surface area (Å²) < 4.78 is 0. The standard InChI is InChI=1S/C13H10N4O/c18-13(17-9-4-2-1-3-5-9)10-6-7-14-12-11(10)15-8-16-12/h1-8H,(H,17,18)(H,14,15,16). The number of aromatic amines is 1. The molecule has 0 unspecified atom stereocenters. The smallest absolute Gasteiger partial charge is 0.257 e. The first-order chi connectivity index (χ1) is 8.84. The molecule has 3 rings (SSSR count).